The van der Waals surface area contributed by atoms with Gasteiger partial charge in [0.05, 0.1) is 28.6 Å². The van der Waals surface area contributed by atoms with Crippen molar-refractivity contribution in [1.82, 2.24) is 24.1 Å². The van der Waals surface area contributed by atoms with Gasteiger partial charge in [0.2, 0.25) is 0 Å². The number of fused-ring (bicyclic) bond motifs is 2. The van der Waals surface area contributed by atoms with Crippen LogP contribution < -0.4 is 5.73 Å². The number of aliphatic hydroxyl groups excluding tert-OH is 1. The molecule has 2 aliphatic rings. The van der Waals surface area contributed by atoms with Crippen molar-refractivity contribution in [3.63, 3.8) is 0 Å². The molecule has 1 aliphatic heterocycles. The highest BCUT2D eigenvalue weighted by atomic mass is 16.3. The Morgan fingerprint density at radius 3 is 2.80 bits per heavy atom. The summed E-state index contributed by atoms with van der Waals surface area (Å²) >= 11 is 0. The zero-order chi connectivity index (χ0) is 24.3. The predicted octanol–water partition coefficient (Wildman–Crippen LogP) is 3.69. The van der Waals surface area contributed by atoms with E-state index < -0.39 is 6.10 Å². The quantitative estimate of drug-likeness (QED) is 0.461. The molecule has 3 N–H and O–H groups in total. The van der Waals surface area contributed by atoms with Crippen molar-refractivity contribution < 1.29 is 9.90 Å². The Bertz CT molecular complexity index is 1430. The number of aryl methyl sites for hydroxylation is 1. The van der Waals surface area contributed by atoms with Crippen LogP contribution in [0.5, 0.6) is 0 Å². The first-order chi connectivity index (χ1) is 16.9. The summed E-state index contributed by atoms with van der Waals surface area (Å²) < 4.78 is 4.09. The molecule has 8 heteroatoms. The number of carbonyl (C=O) groups excluding carboxylic acids is 1. The Labute approximate surface area is 204 Å². The van der Waals surface area contributed by atoms with Gasteiger partial charge in [0.25, 0.3) is 5.91 Å². The Morgan fingerprint density at radius 2 is 2.06 bits per heavy atom. The number of rotatable bonds is 5. The minimum atomic E-state index is -0.616. The molecule has 5 heterocycles. The SMILES string of the molecule is Cc1c(-c2cc3ccc(C(C)O)nc3n2CC2CC2)nn2cc(C(=O)N3CCCC(N)C3)ccc12. The number of carbonyl (C=O) groups is 1. The van der Waals surface area contributed by atoms with E-state index in [9.17, 15) is 9.90 Å². The van der Waals surface area contributed by atoms with Crippen LogP contribution in [0.15, 0.2) is 36.5 Å². The molecule has 1 saturated carbocycles. The van der Waals surface area contributed by atoms with Crippen LogP contribution in [0.3, 0.4) is 0 Å². The Hall–Kier alpha value is -3.23. The monoisotopic (exact) mass is 472 g/mol. The summed E-state index contributed by atoms with van der Waals surface area (Å²) in [6, 6.07) is 9.99. The number of aliphatic hydroxyl groups is 1. The summed E-state index contributed by atoms with van der Waals surface area (Å²) in [4.78, 5) is 19.8. The van der Waals surface area contributed by atoms with E-state index in [1.54, 1.807) is 6.92 Å². The van der Waals surface area contributed by atoms with Gasteiger partial charge in [-0.1, -0.05) is 0 Å². The smallest absolute Gasteiger partial charge is 0.255 e. The molecule has 1 saturated heterocycles. The Morgan fingerprint density at radius 1 is 1.23 bits per heavy atom. The molecule has 6 rings (SSSR count). The highest BCUT2D eigenvalue weighted by Crippen LogP contribution is 2.37. The highest BCUT2D eigenvalue weighted by molar-refractivity contribution is 5.94. The summed E-state index contributed by atoms with van der Waals surface area (Å²) in [5.41, 5.74) is 12.3. The molecule has 0 spiro atoms. The zero-order valence-corrected chi connectivity index (χ0v) is 20.3. The Kier molecular flexibility index (Phi) is 5.38. The number of likely N-dealkylation sites (tertiary alicyclic amines) is 1. The van der Waals surface area contributed by atoms with E-state index in [0.29, 0.717) is 23.7 Å². The van der Waals surface area contributed by atoms with Crippen LogP contribution in [0.25, 0.3) is 27.9 Å². The topological polar surface area (TPSA) is 102 Å². The number of hydrogen-bond acceptors (Lipinski definition) is 5. The van der Waals surface area contributed by atoms with Gasteiger partial charge in [-0.25, -0.2) is 9.50 Å². The number of nitrogens with two attached hydrogens (primary N) is 1. The number of hydrogen-bond donors (Lipinski definition) is 2. The molecule has 1 amide bonds. The average Bonchev–Trinajstić information content (AvgIpc) is 3.52. The highest BCUT2D eigenvalue weighted by Gasteiger charge is 2.27. The maximum atomic E-state index is 13.1. The van der Waals surface area contributed by atoms with Gasteiger partial charge in [0, 0.05) is 42.8 Å². The van der Waals surface area contributed by atoms with E-state index in [2.05, 4.69) is 17.6 Å². The van der Waals surface area contributed by atoms with E-state index in [1.165, 1.54) is 12.8 Å². The first-order valence-electron chi connectivity index (χ1n) is 12.6. The van der Waals surface area contributed by atoms with E-state index in [4.69, 9.17) is 15.8 Å². The maximum absolute atomic E-state index is 13.1. The second-order valence-corrected chi connectivity index (χ2v) is 10.3. The van der Waals surface area contributed by atoms with Gasteiger partial charge >= 0.3 is 0 Å². The van der Waals surface area contributed by atoms with Gasteiger partial charge in [0.15, 0.2) is 0 Å². The van der Waals surface area contributed by atoms with E-state index >= 15 is 0 Å². The summed E-state index contributed by atoms with van der Waals surface area (Å²) in [6.07, 6.45) is 5.58. The molecule has 182 valence electrons. The fourth-order valence-electron chi connectivity index (χ4n) is 5.23. The summed E-state index contributed by atoms with van der Waals surface area (Å²) in [5.74, 6) is 0.660. The summed E-state index contributed by atoms with van der Waals surface area (Å²) in [5, 5.41) is 16.1. The van der Waals surface area contributed by atoms with Crippen LogP contribution in [0.1, 0.15) is 60.3 Å². The molecule has 2 atom stereocenters. The van der Waals surface area contributed by atoms with Crippen LogP contribution in [-0.2, 0) is 6.54 Å². The fourth-order valence-corrected chi connectivity index (χ4v) is 5.23. The molecular formula is C27H32N6O2. The number of amides is 1. The van der Waals surface area contributed by atoms with Gasteiger partial charge in [-0.2, -0.15) is 5.10 Å². The summed E-state index contributed by atoms with van der Waals surface area (Å²) in [6.45, 7) is 6.06. The zero-order valence-electron chi connectivity index (χ0n) is 20.3. The molecule has 0 bridgehead atoms. The van der Waals surface area contributed by atoms with Crippen molar-refractivity contribution >= 4 is 22.5 Å². The molecule has 0 radical (unpaired) electrons. The Balaban J connectivity index is 1.43. The predicted molar refractivity (Wildman–Crippen MR) is 135 cm³/mol. The number of nitrogens with zero attached hydrogens (tertiary/aromatic N) is 5. The molecular weight excluding hydrogens is 440 g/mol. The molecule has 2 fully saturated rings. The van der Waals surface area contributed by atoms with Crippen LogP contribution in [-0.4, -0.2) is 54.2 Å². The normalized spacial score (nSPS) is 19.5. The van der Waals surface area contributed by atoms with Gasteiger partial charge in [-0.05, 0) is 75.8 Å². The minimum absolute atomic E-state index is 0.00875. The lowest BCUT2D eigenvalue weighted by Gasteiger charge is -2.30. The van der Waals surface area contributed by atoms with Gasteiger partial charge in [-0.15, -0.1) is 0 Å². The van der Waals surface area contributed by atoms with Crippen molar-refractivity contribution in [3.8, 4) is 11.4 Å². The van der Waals surface area contributed by atoms with Crippen LogP contribution >= 0.6 is 0 Å². The third kappa shape index (κ3) is 4.00. The van der Waals surface area contributed by atoms with Crippen molar-refractivity contribution in [2.24, 2.45) is 11.7 Å². The molecule has 2 unspecified atom stereocenters. The minimum Gasteiger partial charge on any atom is -0.387 e. The van der Waals surface area contributed by atoms with Crippen LogP contribution in [0, 0.1) is 12.8 Å². The molecule has 0 aromatic carbocycles. The lowest BCUT2D eigenvalue weighted by atomic mass is 10.1. The average molecular weight is 473 g/mol. The van der Waals surface area contributed by atoms with Crippen molar-refractivity contribution in [2.75, 3.05) is 13.1 Å². The van der Waals surface area contributed by atoms with Crippen LogP contribution in [0.4, 0.5) is 0 Å². The standard InChI is InChI=1S/C27H32N6O2/c1-16-23-10-8-20(27(35)31-11-3-4-21(28)15-31)14-33(23)30-25(16)24-12-19-7-9-22(17(2)34)29-26(19)32(24)13-18-5-6-18/h7-10,12,14,17-18,21,34H,3-6,11,13,15,28H2,1-2H3. The molecule has 35 heavy (non-hydrogen) atoms. The van der Waals surface area contributed by atoms with Crippen molar-refractivity contribution in [2.45, 2.75) is 58.2 Å². The molecule has 4 aromatic heterocycles. The van der Waals surface area contributed by atoms with E-state index in [-0.39, 0.29) is 11.9 Å². The number of piperidine rings is 1. The first-order valence-corrected chi connectivity index (χ1v) is 12.6. The van der Waals surface area contributed by atoms with Gasteiger partial charge in [0.1, 0.15) is 11.3 Å². The number of aromatic nitrogens is 4. The van der Waals surface area contributed by atoms with Crippen molar-refractivity contribution in [3.05, 3.63) is 53.3 Å². The third-order valence-corrected chi connectivity index (χ3v) is 7.44. The van der Waals surface area contributed by atoms with Gasteiger partial charge < -0.3 is 20.3 Å². The fraction of sp³-hybridized carbons (Fsp3) is 0.444. The lowest BCUT2D eigenvalue weighted by molar-refractivity contribution is 0.0708. The van der Waals surface area contributed by atoms with Crippen molar-refractivity contribution in [1.29, 1.82) is 0 Å². The second kappa shape index (κ2) is 8.46. The largest absolute Gasteiger partial charge is 0.387 e. The second-order valence-electron chi connectivity index (χ2n) is 10.3. The van der Waals surface area contributed by atoms with Gasteiger partial charge in [-0.3, -0.25) is 4.79 Å². The third-order valence-electron chi connectivity index (χ3n) is 7.44. The van der Waals surface area contributed by atoms with E-state index in [0.717, 1.165) is 59.4 Å². The van der Waals surface area contributed by atoms with Crippen LogP contribution in [0.2, 0.25) is 0 Å². The molecule has 4 aromatic rings. The lowest BCUT2D eigenvalue weighted by Crippen LogP contribution is -2.45. The molecule has 1 aliphatic carbocycles. The number of pyridine rings is 2. The van der Waals surface area contributed by atoms with E-state index in [1.807, 2.05) is 39.9 Å². The maximum Gasteiger partial charge on any atom is 0.255 e. The molecule has 8 nitrogen and oxygen atoms in total. The summed E-state index contributed by atoms with van der Waals surface area (Å²) in [7, 11) is 0. The first kappa shape index (κ1) is 22.2.